The Morgan fingerprint density at radius 1 is 1.40 bits per heavy atom. The Labute approximate surface area is 115 Å². The molecule has 0 bridgehead atoms. The van der Waals surface area contributed by atoms with Gasteiger partial charge >= 0.3 is 0 Å². The number of rotatable bonds is 3. The minimum Gasteiger partial charge on any atom is -0.396 e. The van der Waals surface area contributed by atoms with Gasteiger partial charge in [-0.05, 0) is 25.0 Å². The summed E-state index contributed by atoms with van der Waals surface area (Å²) >= 11 is 0. The molecule has 1 unspecified atom stereocenters. The van der Waals surface area contributed by atoms with E-state index in [1.165, 1.54) is 0 Å². The molecule has 20 heavy (non-hydrogen) atoms. The van der Waals surface area contributed by atoms with E-state index < -0.39 is 38.2 Å². The summed E-state index contributed by atoms with van der Waals surface area (Å²) in [6.07, 6.45) is 0.967. The second-order valence-electron chi connectivity index (χ2n) is 4.67. The summed E-state index contributed by atoms with van der Waals surface area (Å²) in [7, 11) is -3.22. The fourth-order valence-corrected chi connectivity index (χ4v) is 3.92. The minimum atomic E-state index is -3.22. The number of benzene rings is 1. The average Bonchev–Trinajstić information content (AvgIpc) is 2.71. The van der Waals surface area contributed by atoms with Crippen molar-refractivity contribution in [2.24, 2.45) is 0 Å². The predicted octanol–water partition coefficient (Wildman–Crippen LogP) is 0.854. The Hall–Kier alpha value is -1.70. The molecule has 1 fully saturated rings. The maximum absolute atomic E-state index is 13.6. The van der Waals surface area contributed by atoms with Gasteiger partial charge in [0, 0.05) is 6.54 Å². The van der Waals surface area contributed by atoms with E-state index in [1.807, 2.05) is 0 Å². The third-order valence-corrected chi connectivity index (χ3v) is 5.58. The summed E-state index contributed by atoms with van der Waals surface area (Å²) < 4.78 is 50.2. The van der Waals surface area contributed by atoms with Gasteiger partial charge < -0.3 is 11.1 Å². The van der Waals surface area contributed by atoms with Crippen molar-refractivity contribution in [1.29, 1.82) is 0 Å². The number of amides is 1. The number of sulfone groups is 1. The van der Waals surface area contributed by atoms with E-state index in [-0.39, 0.29) is 18.0 Å². The smallest absolute Gasteiger partial charge is 0.257 e. The maximum Gasteiger partial charge on any atom is 0.257 e. The molecule has 1 amide bonds. The van der Waals surface area contributed by atoms with Crippen molar-refractivity contribution in [3.05, 3.63) is 29.3 Å². The lowest BCUT2D eigenvalue weighted by Gasteiger charge is -2.12. The molecule has 1 aliphatic rings. The van der Waals surface area contributed by atoms with Crippen LogP contribution in [0.1, 0.15) is 23.2 Å². The predicted molar refractivity (Wildman–Crippen MR) is 69.9 cm³/mol. The van der Waals surface area contributed by atoms with Crippen LogP contribution in [0.5, 0.6) is 0 Å². The Morgan fingerprint density at radius 2 is 2.10 bits per heavy atom. The summed E-state index contributed by atoms with van der Waals surface area (Å²) in [5, 5.41) is 1.56. The van der Waals surface area contributed by atoms with E-state index in [1.54, 1.807) is 0 Å². The molecule has 1 aromatic carbocycles. The van der Waals surface area contributed by atoms with Crippen molar-refractivity contribution in [3.8, 4) is 0 Å². The van der Waals surface area contributed by atoms with Crippen molar-refractivity contribution >= 4 is 21.4 Å². The first-order chi connectivity index (χ1) is 9.33. The van der Waals surface area contributed by atoms with Gasteiger partial charge in [-0.3, -0.25) is 4.79 Å². The average molecular weight is 304 g/mol. The van der Waals surface area contributed by atoms with Gasteiger partial charge in [-0.2, -0.15) is 0 Å². The number of carbonyl (C=O) groups excluding carboxylic acids is 1. The van der Waals surface area contributed by atoms with Gasteiger partial charge in [-0.15, -0.1) is 0 Å². The van der Waals surface area contributed by atoms with Crippen molar-refractivity contribution < 1.29 is 22.0 Å². The molecule has 3 N–H and O–H groups in total. The molecule has 0 spiro atoms. The number of hydrogen-bond acceptors (Lipinski definition) is 4. The topological polar surface area (TPSA) is 89.3 Å². The Bertz CT molecular complexity index is 646. The lowest BCUT2D eigenvalue weighted by molar-refractivity contribution is 0.0945. The molecule has 1 aromatic rings. The molecule has 0 saturated carbocycles. The molecule has 8 heteroatoms. The summed E-state index contributed by atoms with van der Waals surface area (Å²) in [5.41, 5.74) is 4.14. The molecule has 1 atom stereocenters. The van der Waals surface area contributed by atoms with Crippen molar-refractivity contribution in [3.63, 3.8) is 0 Å². The molecule has 0 aliphatic carbocycles. The van der Waals surface area contributed by atoms with Gasteiger partial charge in [0.05, 0.1) is 16.7 Å². The summed E-state index contributed by atoms with van der Waals surface area (Å²) in [6.45, 7) is -0.158. The molecule has 1 heterocycles. The number of carbonyl (C=O) groups is 1. The first-order valence-corrected chi connectivity index (χ1v) is 7.77. The zero-order chi connectivity index (χ0) is 14.9. The van der Waals surface area contributed by atoms with Gasteiger partial charge in [-0.25, -0.2) is 17.2 Å². The summed E-state index contributed by atoms with van der Waals surface area (Å²) in [6, 6.07) is 1.91. The van der Waals surface area contributed by atoms with Crippen molar-refractivity contribution in [2.75, 3.05) is 18.0 Å². The first kappa shape index (κ1) is 14.7. The third kappa shape index (κ3) is 2.74. The lowest BCUT2D eigenvalue weighted by Crippen LogP contribution is -2.35. The molecule has 1 saturated heterocycles. The van der Waals surface area contributed by atoms with Crippen LogP contribution >= 0.6 is 0 Å². The second kappa shape index (κ2) is 5.35. The van der Waals surface area contributed by atoms with Crippen LogP contribution < -0.4 is 11.1 Å². The molecule has 1 aliphatic heterocycles. The van der Waals surface area contributed by atoms with Crippen LogP contribution in [0.2, 0.25) is 0 Å². The van der Waals surface area contributed by atoms with E-state index in [0.717, 1.165) is 12.1 Å². The lowest BCUT2D eigenvalue weighted by atomic mass is 10.1. The van der Waals surface area contributed by atoms with E-state index in [0.29, 0.717) is 12.8 Å². The molecule has 0 aromatic heterocycles. The molecular weight excluding hydrogens is 290 g/mol. The van der Waals surface area contributed by atoms with E-state index in [4.69, 9.17) is 5.73 Å². The normalized spacial score (nSPS) is 20.8. The zero-order valence-corrected chi connectivity index (χ0v) is 11.3. The second-order valence-corrected chi connectivity index (χ2v) is 7.07. The van der Waals surface area contributed by atoms with Crippen LogP contribution in [0, 0.1) is 11.6 Å². The van der Waals surface area contributed by atoms with Gasteiger partial charge in [0.25, 0.3) is 5.91 Å². The highest BCUT2D eigenvalue weighted by Crippen LogP contribution is 2.21. The van der Waals surface area contributed by atoms with Gasteiger partial charge in [0.2, 0.25) is 0 Å². The highest BCUT2D eigenvalue weighted by atomic mass is 32.2. The Morgan fingerprint density at radius 3 is 2.70 bits per heavy atom. The standard InChI is InChI=1S/C12H14F2N2O3S/c13-8-3-4-9(15)11(14)10(8)12(17)16-6-7-2-1-5-20(7,18)19/h3-4,7H,1-2,5-6,15H2,(H,16,17). The van der Waals surface area contributed by atoms with Crippen molar-refractivity contribution in [1.82, 2.24) is 5.32 Å². The van der Waals surface area contributed by atoms with Crippen LogP contribution in [-0.2, 0) is 9.84 Å². The highest BCUT2D eigenvalue weighted by Gasteiger charge is 2.32. The number of anilines is 1. The molecule has 110 valence electrons. The zero-order valence-electron chi connectivity index (χ0n) is 10.5. The summed E-state index contributed by atoms with van der Waals surface area (Å²) in [5.74, 6) is -3.11. The van der Waals surface area contributed by atoms with Gasteiger partial charge in [0.15, 0.2) is 15.7 Å². The van der Waals surface area contributed by atoms with E-state index in [9.17, 15) is 22.0 Å². The van der Waals surface area contributed by atoms with Crippen LogP contribution in [0.4, 0.5) is 14.5 Å². The first-order valence-electron chi connectivity index (χ1n) is 6.06. The highest BCUT2D eigenvalue weighted by molar-refractivity contribution is 7.92. The maximum atomic E-state index is 13.6. The molecule has 2 rings (SSSR count). The van der Waals surface area contributed by atoms with E-state index in [2.05, 4.69) is 5.32 Å². The van der Waals surface area contributed by atoms with Crippen LogP contribution in [-0.4, -0.2) is 31.9 Å². The van der Waals surface area contributed by atoms with Crippen LogP contribution in [0.3, 0.4) is 0 Å². The van der Waals surface area contributed by atoms with Gasteiger partial charge in [-0.1, -0.05) is 0 Å². The minimum absolute atomic E-state index is 0.0779. The van der Waals surface area contributed by atoms with Crippen LogP contribution in [0.25, 0.3) is 0 Å². The number of halogens is 2. The Balaban J connectivity index is 2.12. The number of nitrogens with one attached hydrogen (secondary N) is 1. The molecule has 0 radical (unpaired) electrons. The van der Waals surface area contributed by atoms with Crippen LogP contribution in [0.15, 0.2) is 12.1 Å². The third-order valence-electron chi connectivity index (χ3n) is 3.30. The van der Waals surface area contributed by atoms with Crippen molar-refractivity contribution in [2.45, 2.75) is 18.1 Å². The number of nitrogens with two attached hydrogens (primary N) is 1. The largest absolute Gasteiger partial charge is 0.396 e. The number of hydrogen-bond donors (Lipinski definition) is 2. The molecular formula is C12H14F2N2O3S. The fraction of sp³-hybridized carbons (Fsp3) is 0.417. The number of nitrogen functional groups attached to an aromatic ring is 1. The summed E-state index contributed by atoms with van der Waals surface area (Å²) in [4.78, 5) is 11.8. The fourth-order valence-electron chi connectivity index (χ4n) is 2.16. The SMILES string of the molecule is Nc1ccc(F)c(C(=O)NCC2CCCS2(=O)=O)c1F. The Kier molecular flexibility index (Phi) is 3.94. The monoisotopic (exact) mass is 304 g/mol. The van der Waals surface area contributed by atoms with E-state index >= 15 is 0 Å². The quantitative estimate of drug-likeness (QED) is 0.810. The van der Waals surface area contributed by atoms with Gasteiger partial charge in [0.1, 0.15) is 11.4 Å². The molecule has 5 nitrogen and oxygen atoms in total.